The van der Waals surface area contributed by atoms with Crippen LogP contribution in [0.5, 0.6) is 0 Å². The van der Waals surface area contributed by atoms with E-state index in [1.165, 1.54) is 0 Å². The van der Waals surface area contributed by atoms with Crippen molar-refractivity contribution in [3.63, 3.8) is 0 Å². The highest BCUT2D eigenvalue weighted by Gasteiger charge is 2.27. The first-order valence-electron chi connectivity index (χ1n) is 8.26. The summed E-state index contributed by atoms with van der Waals surface area (Å²) in [5.74, 6) is 1.61. The fourth-order valence-electron chi connectivity index (χ4n) is 3.14. The first-order valence-corrected chi connectivity index (χ1v) is 8.64. The Morgan fingerprint density at radius 2 is 2.12 bits per heavy atom. The van der Waals surface area contributed by atoms with E-state index in [2.05, 4.69) is 20.4 Å². The average molecular weight is 360 g/mol. The van der Waals surface area contributed by atoms with Gasteiger partial charge in [0.25, 0.3) is 0 Å². The van der Waals surface area contributed by atoms with Crippen molar-refractivity contribution in [3.8, 4) is 0 Å². The minimum atomic E-state index is 0.00832. The first kappa shape index (κ1) is 16.0. The molecule has 25 heavy (non-hydrogen) atoms. The molecule has 0 atom stereocenters. The van der Waals surface area contributed by atoms with E-state index in [4.69, 9.17) is 16.0 Å². The zero-order chi connectivity index (χ0) is 17.2. The van der Waals surface area contributed by atoms with Gasteiger partial charge < -0.3 is 14.6 Å². The number of rotatable bonds is 4. The lowest BCUT2D eigenvalue weighted by atomic mass is 9.96. The van der Waals surface area contributed by atoms with E-state index in [-0.39, 0.29) is 11.8 Å². The number of piperidine rings is 1. The maximum Gasteiger partial charge on any atom is 0.231 e. The van der Waals surface area contributed by atoms with Crippen LogP contribution in [0.2, 0.25) is 5.02 Å². The zero-order valence-electron chi connectivity index (χ0n) is 13.6. The van der Waals surface area contributed by atoms with Crippen LogP contribution in [0.15, 0.2) is 41.1 Å². The van der Waals surface area contributed by atoms with Gasteiger partial charge in [-0.05, 0) is 37.1 Å². The van der Waals surface area contributed by atoms with E-state index in [0.717, 1.165) is 43.3 Å². The molecule has 1 aliphatic rings. The zero-order valence-corrected chi connectivity index (χ0v) is 14.3. The van der Waals surface area contributed by atoms with Crippen LogP contribution in [-0.2, 0) is 11.3 Å². The van der Waals surface area contributed by atoms with Gasteiger partial charge in [-0.2, -0.15) is 0 Å². The van der Waals surface area contributed by atoms with Crippen molar-refractivity contribution in [1.82, 2.24) is 19.9 Å². The Hall–Kier alpha value is -2.54. The van der Waals surface area contributed by atoms with Gasteiger partial charge >= 0.3 is 0 Å². The second-order valence-corrected chi connectivity index (χ2v) is 6.57. The van der Waals surface area contributed by atoms with E-state index in [1.807, 2.05) is 28.8 Å². The molecule has 7 nitrogen and oxygen atoms in total. The van der Waals surface area contributed by atoms with E-state index >= 15 is 0 Å². The standard InChI is InChI=1S/C17H18ClN5O2/c18-13-3-4-15-20-21-17(23(15)11-13)22-7-5-12(6-8-22)16(24)19-10-14-2-1-9-25-14/h1-4,9,11-12H,5-8,10H2,(H,19,24). The molecular formula is C17H18ClN5O2. The number of nitrogens with zero attached hydrogens (tertiary/aromatic N) is 4. The van der Waals surface area contributed by atoms with Crippen molar-refractivity contribution in [3.05, 3.63) is 47.5 Å². The van der Waals surface area contributed by atoms with Gasteiger partial charge in [0.15, 0.2) is 5.65 Å². The number of aromatic nitrogens is 3. The molecule has 0 radical (unpaired) electrons. The van der Waals surface area contributed by atoms with E-state index in [0.29, 0.717) is 11.6 Å². The SMILES string of the molecule is O=C(NCc1ccco1)C1CCN(c2nnc3ccc(Cl)cn23)CC1. The number of halogens is 1. The van der Waals surface area contributed by atoms with Gasteiger partial charge in [0.05, 0.1) is 17.8 Å². The van der Waals surface area contributed by atoms with Gasteiger partial charge in [-0.25, -0.2) is 0 Å². The third kappa shape index (κ3) is 3.32. The molecule has 1 N–H and O–H groups in total. The summed E-state index contributed by atoms with van der Waals surface area (Å²) >= 11 is 6.07. The number of carbonyl (C=O) groups is 1. The first-order chi connectivity index (χ1) is 12.2. The van der Waals surface area contributed by atoms with Gasteiger partial charge in [-0.15, -0.1) is 10.2 Å². The number of hydrogen-bond donors (Lipinski definition) is 1. The highest BCUT2D eigenvalue weighted by atomic mass is 35.5. The fraction of sp³-hybridized carbons (Fsp3) is 0.353. The van der Waals surface area contributed by atoms with Crippen LogP contribution < -0.4 is 10.2 Å². The summed E-state index contributed by atoms with van der Waals surface area (Å²) in [7, 11) is 0. The predicted molar refractivity (Wildman–Crippen MR) is 93.5 cm³/mol. The molecule has 4 rings (SSSR count). The van der Waals surface area contributed by atoms with Crippen molar-refractivity contribution in [2.45, 2.75) is 19.4 Å². The Balaban J connectivity index is 1.37. The van der Waals surface area contributed by atoms with Gasteiger partial charge in [0.1, 0.15) is 5.76 Å². The number of amides is 1. The molecule has 0 unspecified atom stereocenters. The molecule has 1 aliphatic heterocycles. The number of carbonyl (C=O) groups excluding carboxylic acids is 1. The summed E-state index contributed by atoms with van der Waals surface area (Å²) in [5, 5.41) is 12.0. The summed E-state index contributed by atoms with van der Waals surface area (Å²) in [5.41, 5.74) is 0.762. The monoisotopic (exact) mass is 359 g/mol. The lowest BCUT2D eigenvalue weighted by Gasteiger charge is -2.31. The second-order valence-electron chi connectivity index (χ2n) is 6.13. The van der Waals surface area contributed by atoms with Crippen LogP contribution in [0.1, 0.15) is 18.6 Å². The molecule has 0 spiro atoms. The van der Waals surface area contributed by atoms with E-state index in [9.17, 15) is 4.79 Å². The van der Waals surface area contributed by atoms with Crippen molar-refractivity contribution < 1.29 is 9.21 Å². The number of anilines is 1. The summed E-state index contributed by atoms with van der Waals surface area (Å²) in [6.45, 7) is 1.94. The van der Waals surface area contributed by atoms with Gasteiger partial charge in [-0.1, -0.05) is 11.6 Å². The quantitative estimate of drug-likeness (QED) is 0.774. The molecule has 1 saturated heterocycles. The normalized spacial score (nSPS) is 15.6. The molecule has 8 heteroatoms. The van der Waals surface area contributed by atoms with Gasteiger partial charge in [0.2, 0.25) is 11.9 Å². The van der Waals surface area contributed by atoms with Crippen LogP contribution in [0.25, 0.3) is 5.65 Å². The Morgan fingerprint density at radius 3 is 2.88 bits per heavy atom. The summed E-state index contributed by atoms with van der Waals surface area (Å²) in [6.07, 6.45) is 4.97. The highest BCUT2D eigenvalue weighted by Crippen LogP contribution is 2.23. The Morgan fingerprint density at radius 1 is 1.28 bits per heavy atom. The molecule has 1 amide bonds. The minimum Gasteiger partial charge on any atom is -0.467 e. The van der Waals surface area contributed by atoms with Crippen LogP contribution in [0.4, 0.5) is 5.95 Å². The lowest BCUT2D eigenvalue weighted by molar-refractivity contribution is -0.125. The smallest absolute Gasteiger partial charge is 0.231 e. The predicted octanol–water partition coefficient (Wildman–Crippen LogP) is 2.51. The molecule has 0 saturated carbocycles. The highest BCUT2D eigenvalue weighted by molar-refractivity contribution is 6.30. The Labute approximate surface area is 149 Å². The van der Waals surface area contributed by atoms with Crippen LogP contribution in [0, 0.1) is 5.92 Å². The van der Waals surface area contributed by atoms with Crippen LogP contribution in [-0.4, -0.2) is 33.6 Å². The fourth-order valence-corrected chi connectivity index (χ4v) is 3.30. The minimum absolute atomic E-state index is 0.00832. The summed E-state index contributed by atoms with van der Waals surface area (Å²) < 4.78 is 7.12. The molecule has 3 aromatic heterocycles. The average Bonchev–Trinajstić information content (AvgIpc) is 3.29. The molecule has 130 valence electrons. The van der Waals surface area contributed by atoms with Crippen molar-refractivity contribution in [2.24, 2.45) is 5.92 Å². The molecule has 0 bridgehead atoms. The van der Waals surface area contributed by atoms with E-state index in [1.54, 1.807) is 12.3 Å². The molecule has 1 fully saturated rings. The summed E-state index contributed by atoms with van der Waals surface area (Å²) in [4.78, 5) is 14.5. The molecular weight excluding hydrogens is 342 g/mol. The number of fused-ring (bicyclic) bond motifs is 1. The lowest BCUT2D eigenvalue weighted by Crippen LogP contribution is -2.41. The summed E-state index contributed by atoms with van der Waals surface area (Å²) in [6, 6.07) is 7.30. The molecule has 3 aromatic rings. The van der Waals surface area contributed by atoms with Crippen molar-refractivity contribution in [1.29, 1.82) is 0 Å². The largest absolute Gasteiger partial charge is 0.467 e. The Kier molecular flexibility index (Phi) is 4.31. The van der Waals surface area contributed by atoms with Gasteiger partial charge in [0, 0.05) is 25.2 Å². The van der Waals surface area contributed by atoms with Crippen molar-refractivity contribution >= 4 is 29.1 Å². The van der Waals surface area contributed by atoms with Gasteiger partial charge in [-0.3, -0.25) is 9.20 Å². The van der Waals surface area contributed by atoms with Crippen molar-refractivity contribution in [2.75, 3.05) is 18.0 Å². The van der Waals surface area contributed by atoms with Crippen LogP contribution in [0.3, 0.4) is 0 Å². The number of nitrogens with one attached hydrogen (secondary N) is 1. The molecule has 0 aromatic carbocycles. The number of furan rings is 1. The molecule has 4 heterocycles. The maximum atomic E-state index is 12.3. The topological polar surface area (TPSA) is 75.7 Å². The third-order valence-corrected chi connectivity index (χ3v) is 4.74. The number of pyridine rings is 1. The number of hydrogen-bond acceptors (Lipinski definition) is 5. The second kappa shape index (κ2) is 6.76. The maximum absolute atomic E-state index is 12.3. The third-order valence-electron chi connectivity index (χ3n) is 4.51. The Bertz CT molecular complexity index is 868. The van der Waals surface area contributed by atoms with Crippen LogP contribution >= 0.6 is 11.6 Å². The van der Waals surface area contributed by atoms with E-state index < -0.39 is 0 Å². The molecule has 0 aliphatic carbocycles.